The van der Waals surface area contributed by atoms with Crippen molar-refractivity contribution in [1.82, 2.24) is 0 Å². The van der Waals surface area contributed by atoms with Crippen LogP contribution in [0, 0.1) is 0 Å². The Morgan fingerprint density at radius 3 is 2.59 bits per heavy atom. The minimum atomic E-state index is -1.23. The Hall–Kier alpha value is -0.560. The van der Waals surface area contributed by atoms with Gasteiger partial charge in [0.1, 0.15) is 11.5 Å². The highest BCUT2D eigenvalue weighted by atomic mass is 79.9. The van der Waals surface area contributed by atoms with Gasteiger partial charge in [0, 0.05) is 10.0 Å². The van der Waals surface area contributed by atoms with Gasteiger partial charge in [-0.05, 0) is 41.1 Å². The molecule has 1 rings (SSSR count). The first kappa shape index (κ1) is 14.5. The van der Waals surface area contributed by atoms with Crippen LogP contribution in [0.15, 0.2) is 26.8 Å². The molecule has 0 bridgehead atoms. The van der Waals surface area contributed by atoms with Gasteiger partial charge in [0.2, 0.25) is 0 Å². The molecule has 17 heavy (non-hydrogen) atoms. The number of halogens is 2. The van der Waals surface area contributed by atoms with E-state index in [0.717, 1.165) is 4.47 Å². The van der Waals surface area contributed by atoms with Crippen LogP contribution in [0.25, 0.3) is 6.08 Å². The monoisotopic (exact) mass is 365 g/mol. The van der Waals surface area contributed by atoms with Crippen LogP contribution in [0.3, 0.4) is 0 Å². The lowest BCUT2D eigenvalue weighted by Gasteiger charge is -2.20. The fourth-order valence-electron chi connectivity index (χ4n) is 1.09. The molecule has 0 spiro atoms. The molecular weight excluding hydrogens is 354 g/mol. The molecule has 0 saturated carbocycles. The highest BCUT2D eigenvalue weighted by Gasteiger charge is 2.23. The largest absolute Gasteiger partial charge is 0.510 e. The van der Waals surface area contributed by atoms with Crippen molar-refractivity contribution >= 4 is 37.9 Å². The fraction of sp³-hybridized carbons (Fsp3) is 0.273. The molecule has 0 saturated heterocycles. The molecule has 0 aliphatic heterocycles. The first-order valence-electron chi connectivity index (χ1n) is 4.77. The van der Waals surface area contributed by atoms with Crippen LogP contribution < -0.4 is 5.73 Å². The zero-order valence-corrected chi connectivity index (χ0v) is 12.3. The second kappa shape index (κ2) is 5.39. The number of aliphatic hydroxyl groups excluding tert-OH is 2. The Kier molecular flexibility index (Phi) is 4.60. The van der Waals surface area contributed by atoms with E-state index in [1.807, 2.05) is 0 Å². The molecule has 0 radical (unpaired) electrons. The van der Waals surface area contributed by atoms with E-state index in [-0.39, 0.29) is 11.5 Å². The molecule has 1 unspecified atom stereocenters. The number of aliphatic hydroxyl groups is 2. The van der Waals surface area contributed by atoms with Crippen molar-refractivity contribution in [3.63, 3.8) is 0 Å². The number of nitrogens with two attached hydrogens (primary N) is 1. The Balaban J connectivity index is 3.23. The van der Waals surface area contributed by atoms with E-state index in [4.69, 9.17) is 10.8 Å². The van der Waals surface area contributed by atoms with Crippen LogP contribution in [0.5, 0.6) is 5.75 Å². The van der Waals surface area contributed by atoms with Crippen molar-refractivity contribution in [3.8, 4) is 5.75 Å². The topological polar surface area (TPSA) is 86.7 Å². The highest BCUT2D eigenvalue weighted by molar-refractivity contribution is 9.11. The molecule has 5 N–H and O–H groups in total. The molecular formula is C11H13Br2NO3. The fourth-order valence-corrected chi connectivity index (χ4v) is 2.35. The molecule has 0 amide bonds. The predicted molar refractivity (Wildman–Crippen MR) is 73.8 cm³/mol. The summed E-state index contributed by atoms with van der Waals surface area (Å²) in [4.78, 5) is 0. The summed E-state index contributed by atoms with van der Waals surface area (Å²) in [6, 6.07) is 3.31. The Morgan fingerprint density at radius 1 is 1.47 bits per heavy atom. The van der Waals surface area contributed by atoms with Crippen LogP contribution in [0.4, 0.5) is 0 Å². The molecule has 0 aromatic heterocycles. The summed E-state index contributed by atoms with van der Waals surface area (Å²) < 4.78 is 1.23. The van der Waals surface area contributed by atoms with Gasteiger partial charge >= 0.3 is 0 Å². The molecule has 1 aromatic rings. The van der Waals surface area contributed by atoms with Crippen LogP contribution >= 0.6 is 31.9 Å². The van der Waals surface area contributed by atoms with Gasteiger partial charge in [-0.15, -0.1) is 0 Å². The third kappa shape index (κ3) is 3.45. The third-order valence-corrected chi connectivity index (χ3v) is 3.33. The molecule has 94 valence electrons. The number of hydrogen-bond acceptors (Lipinski definition) is 4. The summed E-state index contributed by atoms with van der Waals surface area (Å²) in [7, 11) is 0. The molecule has 0 fully saturated rings. The van der Waals surface area contributed by atoms with Crippen LogP contribution in [0.2, 0.25) is 0 Å². The number of aromatic hydroxyl groups is 1. The Bertz CT molecular complexity index is 458. The maximum atomic E-state index is 9.78. The van der Waals surface area contributed by atoms with E-state index in [9.17, 15) is 10.2 Å². The Labute approximate surface area is 116 Å². The lowest BCUT2D eigenvalue weighted by Crippen LogP contribution is -2.42. The van der Waals surface area contributed by atoms with Crippen LogP contribution in [-0.2, 0) is 0 Å². The SMILES string of the molecule is CC(N)(CO)C(O)=Cc1cc(Br)cc(Br)c1O. The maximum Gasteiger partial charge on any atom is 0.137 e. The van der Waals surface area contributed by atoms with Crippen molar-refractivity contribution in [1.29, 1.82) is 0 Å². The summed E-state index contributed by atoms with van der Waals surface area (Å²) in [6.45, 7) is 1.09. The molecule has 4 nitrogen and oxygen atoms in total. The van der Waals surface area contributed by atoms with Crippen molar-refractivity contribution < 1.29 is 15.3 Å². The van der Waals surface area contributed by atoms with Crippen molar-refractivity contribution in [2.75, 3.05) is 6.61 Å². The zero-order valence-electron chi connectivity index (χ0n) is 9.11. The van der Waals surface area contributed by atoms with Crippen LogP contribution in [-0.4, -0.2) is 27.5 Å². The summed E-state index contributed by atoms with van der Waals surface area (Å²) in [5, 5.41) is 28.6. The minimum Gasteiger partial charge on any atom is -0.510 e. The standard InChI is InChI=1S/C11H13Br2NO3/c1-11(14,5-15)9(16)3-6-2-7(12)4-8(13)10(6)17/h2-4,15-17H,5,14H2,1H3. The van der Waals surface area contributed by atoms with Gasteiger partial charge in [0.25, 0.3) is 0 Å². The van der Waals surface area contributed by atoms with Crippen LogP contribution in [0.1, 0.15) is 12.5 Å². The molecule has 1 aromatic carbocycles. The second-order valence-electron chi connectivity index (χ2n) is 3.93. The summed E-state index contributed by atoms with van der Waals surface area (Å²) >= 11 is 6.45. The van der Waals surface area contributed by atoms with Crippen molar-refractivity contribution in [2.24, 2.45) is 5.73 Å². The van der Waals surface area contributed by atoms with E-state index >= 15 is 0 Å². The Morgan fingerprint density at radius 2 is 2.06 bits per heavy atom. The van der Waals surface area contributed by atoms with E-state index < -0.39 is 12.1 Å². The molecule has 1 atom stereocenters. The number of phenolic OH excluding ortho intramolecular Hbond substituents is 1. The molecule has 0 heterocycles. The number of benzene rings is 1. The second-order valence-corrected chi connectivity index (χ2v) is 5.70. The average Bonchev–Trinajstić information content (AvgIpc) is 2.25. The van der Waals surface area contributed by atoms with E-state index in [2.05, 4.69) is 31.9 Å². The van der Waals surface area contributed by atoms with Gasteiger partial charge in [0.15, 0.2) is 0 Å². The number of rotatable bonds is 3. The average molecular weight is 367 g/mol. The van der Waals surface area contributed by atoms with Gasteiger partial charge in [-0.3, -0.25) is 0 Å². The predicted octanol–water partition coefficient (Wildman–Crippen LogP) is 2.53. The molecule has 0 aliphatic carbocycles. The van der Waals surface area contributed by atoms with Gasteiger partial charge in [-0.2, -0.15) is 0 Å². The van der Waals surface area contributed by atoms with Gasteiger partial charge in [0.05, 0.1) is 16.6 Å². The van der Waals surface area contributed by atoms with E-state index in [1.165, 1.54) is 13.0 Å². The smallest absolute Gasteiger partial charge is 0.137 e. The summed E-state index contributed by atoms with van der Waals surface area (Å²) in [5.74, 6) is -0.214. The minimum absolute atomic E-state index is 0.00603. The highest BCUT2D eigenvalue weighted by Crippen LogP contribution is 2.33. The normalized spacial score (nSPS) is 15.7. The first-order valence-corrected chi connectivity index (χ1v) is 6.35. The molecule has 6 heteroatoms. The van der Waals surface area contributed by atoms with Gasteiger partial charge in [-0.1, -0.05) is 15.9 Å². The lowest BCUT2D eigenvalue weighted by molar-refractivity contribution is 0.189. The quantitative estimate of drug-likeness (QED) is 0.619. The van der Waals surface area contributed by atoms with Crippen molar-refractivity contribution in [3.05, 3.63) is 32.4 Å². The third-order valence-electron chi connectivity index (χ3n) is 2.26. The van der Waals surface area contributed by atoms with Gasteiger partial charge in [-0.25, -0.2) is 0 Å². The van der Waals surface area contributed by atoms with Gasteiger partial charge < -0.3 is 21.1 Å². The van der Waals surface area contributed by atoms with Crippen molar-refractivity contribution in [2.45, 2.75) is 12.5 Å². The maximum absolute atomic E-state index is 9.78. The van der Waals surface area contributed by atoms with E-state index in [1.54, 1.807) is 12.1 Å². The lowest BCUT2D eigenvalue weighted by atomic mass is 10.0. The summed E-state index contributed by atoms with van der Waals surface area (Å²) in [6.07, 6.45) is 1.32. The number of hydrogen-bond donors (Lipinski definition) is 4. The number of phenols is 1. The summed E-state index contributed by atoms with van der Waals surface area (Å²) in [5.41, 5.74) is 4.82. The van der Waals surface area contributed by atoms with E-state index in [0.29, 0.717) is 10.0 Å². The first-order chi connectivity index (χ1) is 7.77. The molecule has 0 aliphatic rings. The zero-order chi connectivity index (χ0) is 13.2.